The van der Waals surface area contributed by atoms with E-state index in [1.807, 2.05) is 13.8 Å². The van der Waals surface area contributed by atoms with Gasteiger partial charge < -0.3 is 27.0 Å². The number of fused-ring (bicyclic) bond motifs is 1. The number of nitrogens with one attached hydrogen (secondary N) is 1. The van der Waals surface area contributed by atoms with Crippen LogP contribution in [0.2, 0.25) is 0 Å². The molecule has 0 aliphatic carbocycles. The molecular formula is C21H23N7O5. The molecule has 0 aromatic carbocycles. The molecule has 3 aromatic rings. The molecule has 3 heterocycles. The maximum atomic E-state index is 12.4. The molecule has 1 amide bonds. The molecule has 0 bridgehead atoms. The zero-order chi connectivity index (χ0) is 24.3. The zero-order valence-corrected chi connectivity index (χ0v) is 17.9. The maximum Gasteiger partial charge on any atom is 0.326 e. The Kier molecular flexibility index (Phi) is 6.66. The van der Waals surface area contributed by atoms with Crippen molar-refractivity contribution in [3.8, 4) is 0 Å². The molecule has 33 heavy (non-hydrogen) atoms. The smallest absolute Gasteiger partial charge is 0.326 e. The van der Waals surface area contributed by atoms with E-state index in [-0.39, 0.29) is 36.1 Å². The van der Waals surface area contributed by atoms with Gasteiger partial charge in [0.15, 0.2) is 5.65 Å². The predicted molar refractivity (Wildman–Crippen MR) is 118 cm³/mol. The first-order valence-electron chi connectivity index (χ1n) is 9.98. The summed E-state index contributed by atoms with van der Waals surface area (Å²) in [7, 11) is 0. The van der Waals surface area contributed by atoms with Crippen molar-refractivity contribution < 1.29 is 24.6 Å². The van der Waals surface area contributed by atoms with Crippen LogP contribution >= 0.6 is 0 Å². The average molecular weight is 453 g/mol. The van der Waals surface area contributed by atoms with Crippen molar-refractivity contribution in [1.29, 1.82) is 0 Å². The maximum absolute atomic E-state index is 12.4. The molecule has 3 aromatic heterocycles. The molecule has 172 valence electrons. The lowest BCUT2D eigenvalue weighted by atomic mass is 9.93. The Morgan fingerprint density at radius 2 is 1.82 bits per heavy atom. The molecule has 0 aliphatic heterocycles. The number of anilines is 2. The van der Waals surface area contributed by atoms with Gasteiger partial charge in [-0.15, -0.1) is 0 Å². The SMILES string of the molecule is Cc1c(C(C)c2ccc(C(=O)N[C@@H](CCC(=O)O)C(=O)O)cn2)cnc2nc(N)nc(N)c12. The van der Waals surface area contributed by atoms with Gasteiger partial charge in [0, 0.05) is 30.4 Å². The van der Waals surface area contributed by atoms with Gasteiger partial charge in [-0.1, -0.05) is 6.92 Å². The molecule has 12 heteroatoms. The summed E-state index contributed by atoms with van der Waals surface area (Å²) in [5.41, 5.74) is 14.5. The fourth-order valence-electron chi connectivity index (χ4n) is 3.47. The highest BCUT2D eigenvalue weighted by Crippen LogP contribution is 2.31. The number of aromatic nitrogens is 4. The van der Waals surface area contributed by atoms with Crippen LogP contribution in [0.1, 0.15) is 52.9 Å². The fourth-order valence-corrected chi connectivity index (χ4v) is 3.47. The lowest BCUT2D eigenvalue weighted by Gasteiger charge is -2.17. The van der Waals surface area contributed by atoms with Crippen LogP contribution < -0.4 is 16.8 Å². The first kappa shape index (κ1) is 23.3. The van der Waals surface area contributed by atoms with Crippen LogP contribution in [0.5, 0.6) is 0 Å². The van der Waals surface area contributed by atoms with E-state index in [0.29, 0.717) is 16.7 Å². The average Bonchev–Trinajstić information content (AvgIpc) is 2.75. The van der Waals surface area contributed by atoms with Gasteiger partial charge >= 0.3 is 11.9 Å². The second-order valence-electron chi connectivity index (χ2n) is 7.49. The molecule has 12 nitrogen and oxygen atoms in total. The number of aryl methyl sites for hydroxylation is 1. The van der Waals surface area contributed by atoms with E-state index >= 15 is 0 Å². The Hall–Kier alpha value is -4.35. The van der Waals surface area contributed by atoms with Crippen molar-refractivity contribution >= 4 is 40.6 Å². The third-order valence-electron chi connectivity index (χ3n) is 5.28. The number of carboxylic acids is 2. The van der Waals surface area contributed by atoms with Crippen molar-refractivity contribution in [2.75, 3.05) is 11.5 Å². The quantitative estimate of drug-likeness (QED) is 0.326. The van der Waals surface area contributed by atoms with Crippen molar-refractivity contribution in [2.24, 2.45) is 0 Å². The van der Waals surface area contributed by atoms with E-state index in [9.17, 15) is 19.5 Å². The topological polar surface area (TPSA) is 207 Å². The molecule has 1 unspecified atom stereocenters. The molecule has 0 radical (unpaired) electrons. The number of hydrogen-bond donors (Lipinski definition) is 5. The van der Waals surface area contributed by atoms with Gasteiger partial charge in [-0.25, -0.2) is 9.78 Å². The summed E-state index contributed by atoms with van der Waals surface area (Å²) in [6, 6.07) is 1.85. The minimum atomic E-state index is -1.32. The van der Waals surface area contributed by atoms with Crippen LogP contribution in [-0.2, 0) is 9.59 Å². The number of aliphatic carboxylic acids is 2. The van der Waals surface area contributed by atoms with Crippen molar-refractivity contribution in [3.63, 3.8) is 0 Å². The highest BCUT2D eigenvalue weighted by atomic mass is 16.4. The van der Waals surface area contributed by atoms with E-state index in [4.69, 9.17) is 16.6 Å². The molecule has 7 N–H and O–H groups in total. The van der Waals surface area contributed by atoms with E-state index < -0.39 is 23.9 Å². The first-order chi connectivity index (χ1) is 15.6. The van der Waals surface area contributed by atoms with Gasteiger partial charge in [0.1, 0.15) is 11.9 Å². The monoisotopic (exact) mass is 453 g/mol. The minimum absolute atomic E-state index is 0.0383. The summed E-state index contributed by atoms with van der Waals surface area (Å²) >= 11 is 0. The summed E-state index contributed by atoms with van der Waals surface area (Å²) in [6.07, 6.45) is 2.38. The van der Waals surface area contributed by atoms with Crippen LogP contribution in [0.15, 0.2) is 24.5 Å². The molecule has 0 saturated carbocycles. The van der Waals surface area contributed by atoms with Gasteiger partial charge in [0.2, 0.25) is 5.95 Å². The Labute approximate surface area is 188 Å². The highest BCUT2D eigenvalue weighted by molar-refractivity contribution is 5.96. The summed E-state index contributed by atoms with van der Waals surface area (Å²) in [5, 5.41) is 20.9. The van der Waals surface area contributed by atoms with Crippen LogP contribution in [0.25, 0.3) is 11.0 Å². The standard InChI is InChI=1S/C21H23N7O5/c1-9(12-8-25-18-16(10(12)2)17(22)27-21(23)28-18)13-4-3-11(7-24-13)19(31)26-14(20(32)33)5-6-15(29)30/h3-4,7-9,14H,5-6H2,1-2H3,(H,26,31)(H,29,30)(H,32,33)(H4,22,23,25,27,28)/t9?,14-/m0/s1. The van der Waals surface area contributed by atoms with Crippen molar-refractivity contribution in [1.82, 2.24) is 25.3 Å². The lowest BCUT2D eigenvalue weighted by Crippen LogP contribution is -2.41. The largest absolute Gasteiger partial charge is 0.481 e. The number of carboxylic acid groups (broad SMARTS) is 2. The second kappa shape index (κ2) is 9.42. The zero-order valence-electron chi connectivity index (χ0n) is 17.9. The Morgan fingerprint density at radius 1 is 1.09 bits per heavy atom. The van der Waals surface area contributed by atoms with Crippen LogP contribution in [-0.4, -0.2) is 54.0 Å². The molecule has 3 rings (SSSR count). The number of nitrogen functional groups attached to an aromatic ring is 2. The number of carbonyl (C=O) groups is 3. The number of amides is 1. The van der Waals surface area contributed by atoms with Gasteiger partial charge in [0.25, 0.3) is 5.91 Å². The second-order valence-corrected chi connectivity index (χ2v) is 7.49. The van der Waals surface area contributed by atoms with Gasteiger partial charge in [-0.3, -0.25) is 14.6 Å². The molecule has 0 aliphatic rings. The number of rotatable bonds is 8. The Balaban J connectivity index is 1.81. The number of nitrogens with two attached hydrogens (primary N) is 2. The third kappa shape index (κ3) is 5.11. The number of nitrogens with zero attached hydrogens (tertiary/aromatic N) is 4. The van der Waals surface area contributed by atoms with Crippen LogP contribution in [0, 0.1) is 6.92 Å². The molecule has 2 atom stereocenters. The van der Waals surface area contributed by atoms with E-state index in [2.05, 4.69) is 25.3 Å². The van der Waals surface area contributed by atoms with E-state index in [1.54, 1.807) is 12.3 Å². The van der Waals surface area contributed by atoms with Crippen molar-refractivity contribution in [2.45, 2.75) is 38.6 Å². The Bertz CT molecular complexity index is 1230. The lowest BCUT2D eigenvalue weighted by molar-refractivity contribution is -0.140. The highest BCUT2D eigenvalue weighted by Gasteiger charge is 2.22. The molecule has 0 fully saturated rings. The normalized spacial score (nSPS) is 12.8. The third-order valence-corrected chi connectivity index (χ3v) is 5.28. The molecular weight excluding hydrogens is 430 g/mol. The Morgan fingerprint density at radius 3 is 2.42 bits per heavy atom. The fraction of sp³-hybridized carbons (Fsp3) is 0.286. The number of hydrogen-bond acceptors (Lipinski definition) is 9. The van der Waals surface area contributed by atoms with E-state index in [0.717, 1.165) is 11.1 Å². The predicted octanol–water partition coefficient (Wildman–Crippen LogP) is 1.09. The first-order valence-corrected chi connectivity index (χ1v) is 9.98. The minimum Gasteiger partial charge on any atom is -0.481 e. The molecule has 0 saturated heterocycles. The van der Waals surface area contributed by atoms with Crippen molar-refractivity contribution in [3.05, 3.63) is 46.9 Å². The van der Waals surface area contributed by atoms with Gasteiger partial charge in [0.05, 0.1) is 10.9 Å². The van der Waals surface area contributed by atoms with Crippen LogP contribution in [0.4, 0.5) is 11.8 Å². The van der Waals surface area contributed by atoms with Crippen LogP contribution in [0.3, 0.4) is 0 Å². The van der Waals surface area contributed by atoms with Gasteiger partial charge in [-0.05, 0) is 36.6 Å². The summed E-state index contributed by atoms with van der Waals surface area (Å²) in [4.78, 5) is 51.2. The summed E-state index contributed by atoms with van der Waals surface area (Å²) < 4.78 is 0. The molecule has 0 spiro atoms. The number of carbonyl (C=O) groups excluding carboxylic acids is 1. The van der Waals surface area contributed by atoms with E-state index in [1.165, 1.54) is 12.3 Å². The number of pyridine rings is 2. The summed E-state index contributed by atoms with van der Waals surface area (Å²) in [6.45, 7) is 3.79. The van der Waals surface area contributed by atoms with Gasteiger partial charge in [-0.2, -0.15) is 9.97 Å². The summed E-state index contributed by atoms with van der Waals surface area (Å²) in [5.74, 6) is -3.06.